The predicted octanol–water partition coefficient (Wildman–Crippen LogP) is 3.56. The molecule has 2 N–H and O–H groups in total. The van der Waals surface area contributed by atoms with Gasteiger partial charge in [0.1, 0.15) is 5.69 Å². The molecular weight excluding hydrogens is 316 g/mol. The number of carbonyl (C=O) groups excluding carboxylic acids is 2. The van der Waals surface area contributed by atoms with Crippen LogP contribution in [0, 0.1) is 0 Å². The third-order valence-electron chi connectivity index (χ3n) is 3.83. The predicted molar refractivity (Wildman–Crippen MR) is 93.7 cm³/mol. The normalized spacial score (nSPS) is 27.4. The zero-order valence-corrected chi connectivity index (χ0v) is 13.8. The summed E-state index contributed by atoms with van der Waals surface area (Å²) in [5.74, 6) is 0.0742. The Hall–Kier alpha value is -1.40. The van der Waals surface area contributed by atoms with Crippen LogP contribution in [0.1, 0.15) is 34.3 Å². The van der Waals surface area contributed by atoms with Gasteiger partial charge in [-0.1, -0.05) is 12.2 Å². The van der Waals surface area contributed by atoms with Crippen molar-refractivity contribution < 1.29 is 9.59 Å². The number of H-pyrrole nitrogens is 1. The molecule has 3 rings (SSSR count). The Labute approximate surface area is 138 Å². The van der Waals surface area contributed by atoms with Gasteiger partial charge in [-0.15, -0.1) is 24.9 Å². The Morgan fingerprint density at radius 2 is 2.05 bits per heavy atom. The number of carbonyl (C=O) groups is 2. The number of thioether (sulfide) groups is 2. The van der Waals surface area contributed by atoms with Crippen molar-refractivity contribution in [1.29, 1.82) is 0 Å². The number of aromatic nitrogens is 1. The number of Topliss-reactive ketones (excluding diaryl/α,β-unsaturated/α-hetero) is 1. The maximum Gasteiger partial charge on any atom is 0.298 e. The van der Waals surface area contributed by atoms with Gasteiger partial charge in [0.15, 0.2) is 0 Å². The van der Waals surface area contributed by atoms with Crippen LogP contribution in [-0.4, -0.2) is 32.9 Å². The fourth-order valence-electron chi connectivity index (χ4n) is 2.79. The molecular formula is C16H18N2O2S2. The van der Waals surface area contributed by atoms with Gasteiger partial charge >= 0.3 is 0 Å². The van der Waals surface area contributed by atoms with Crippen LogP contribution in [0.3, 0.4) is 0 Å². The Morgan fingerprint density at radius 3 is 2.73 bits per heavy atom. The molecule has 0 aromatic carbocycles. The van der Waals surface area contributed by atoms with Crippen molar-refractivity contribution in [3.8, 4) is 0 Å². The number of amides is 1. The number of ketones is 1. The van der Waals surface area contributed by atoms with E-state index in [-0.39, 0.29) is 5.25 Å². The summed E-state index contributed by atoms with van der Waals surface area (Å²) in [6.45, 7) is 7.68. The van der Waals surface area contributed by atoms with E-state index in [1.54, 1.807) is 0 Å². The molecule has 1 amide bonds. The molecule has 1 aromatic heterocycles. The van der Waals surface area contributed by atoms with Gasteiger partial charge in [0, 0.05) is 21.9 Å². The number of aromatic amines is 1. The lowest BCUT2D eigenvalue weighted by atomic mass is 10.1. The number of anilines is 1. The minimum atomic E-state index is -0.550. The van der Waals surface area contributed by atoms with E-state index < -0.39 is 11.7 Å². The van der Waals surface area contributed by atoms with E-state index in [0.717, 1.165) is 24.3 Å². The van der Waals surface area contributed by atoms with Crippen LogP contribution < -0.4 is 5.32 Å². The molecule has 1 fully saturated rings. The van der Waals surface area contributed by atoms with Gasteiger partial charge in [0.2, 0.25) is 0 Å². The zero-order valence-electron chi connectivity index (χ0n) is 12.1. The lowest BCUT2D eigenvalue weighted by molar-refractivity contribution is -0.112. The third-order valence-corrected chi connectivity index (χ3v) is 7.32. The molecule has 0 spiro atoms. The van der Waals surface area contributed by atoms with Gasteiger partial charge in [0.05, 0.1) is 10.9 Å². The Bertz CT molecular complexity index is 638. The molecule has 22 heavy (non-hydrogen) atoms. The molecule has 0 aliphatic carbocycles. The maximum atomic E-state index is 11.8. The summed E-state index contributed by atoms with van der Waals surface area (Å²) in [4.78, 5) is 26.3. The fourth-order valence-corrected chi connectivity index (χ4v) is 6.18. The number of hydrogen-bond donors (Lipinski definition) is 2. The molecule has 1 saturated heterocycles. The minimum absolute atomic E-state index is 0.261. The van der Waals surface area contributed by atoms with Gasteiger partial charge in [-0.2, -0.15) is 11.8 Å². The first kappa shape index (κ1) is 15.5. The van der Waals surface area contributed by atoms with Gasteiger partial charge in [-0.3, -0.25) is 9.59 Å². The van der Waals surface area contributed by atoms with Crippen LogP contribution >= 0.6 is 23.5 Å². The largest absolute Gasteiger partial charge is 0.353 e. The van der Waals surface area contributed by atoms with E-state index in [9.17, 15) is 9.59 Å². The second-order valence-corrected chi connectivity index (χ2v) is 8.11. The first-order valence-corrected chi connectivity index (χ1v) is 9.20. The molecule has 116 valence electrons. The Morgan fingerprint density at radius 1 is 1.27 bits per heavy atom. The summed E-state index contributed by atoms with van der Waals surface area (Å²) >= 11 is 3.87. The third kappa shape index (κ3) is 2.77. The average molecular weight is 334 g/mol. The molecule has 3 unspecified atom stereocenters. The van der Waals surface area contributed by atoms with E-state index in [0.29, 0.717) is 21.9 Å². The van der Waals surface area contributed by atoms with Crippen molar-refractivity contribution in [3.63, 3.8) is 0 Å². The van der Waals surface area contributed by atoms with Crippen molar-refractivity contribution in [2.75, 3.05) is 11.1 Å². The van der Waals surface area contributed by atoms with E-state index in [1.807, 2.05) is 41.7 Å². The molecule has 1 aromatic rings. The summed E-state index contributed by atoms with van der Waals surface area (Å²) in [5.41, 5.74) is 2.02. The van der Waals surface area contributed by atoms with Crippen LogP contribution in [0.5, 0.6) is 0 Å². The summed E-state index contributed by atoms with van der Waals surface area (Å²) in [6.07, 6.45) is 5.81. The van der Waals surface area contributed by atoms with Gasteiger partial charge in [-0.25, -0.2) is 0 Å². The van der Waals surface area contributed by atoms with Crippen molar-refractivity contribution >= 4 is 40.9 Å². The topological polar surface area (TPSA) is 62.0 Å². The molecule has 2 aliphatic rings. The quantitative estimate of drug-likeness (QED) is 0.638. The van der Waals surface area contributed by atoms with Crippen molar-refractivity contribution in [2.45, 2.75) is 28.6 Å². The first-order valence-electron chi connectivity index (χ1n) is 7.21. The molecule has 0 saturated carbocycles. The molecule has 6 heteroatoms. The minimum Gasteiger partial charge on any atom is -0.353 e. The summed E-state index contributed by atoms with van der Waals surface area (Å²) < 4.78 is 0. The average Bonchev–Trinajstić information content (AvgIpc) is 3.02. The van der Waals surface area contributed by atoms with Gasteiger partial charge in [-0.05, 0) is 18.9 Å². The summed E-state index contributed by atoms with van der Waals surface area (Å²) in [5, 5.41) is 3.83. The van der Waals surface area contributed by atoms with E-state index in [4.69, 9.17) is 0 Å². The maximum absolute atomic E-state index is 11.8. The number of allylic oxidation sites excluding steroid dienone is 2. The van der Waals surface area contributed by atoms with Crippen LogP contribution in [-0.2, 0) is 4.79 Å². The number of fused-ring (bicyclic) bond motifs is 1. The van der Waals surface area contributed by atoms with E-state index in [1.165, 1.54) is 0 Å². The van der Waals surface area contributed by atoms with E-state index in [2.05, 4.69) is 23.5 Å². The highest BCUT2D eigenvalue weighted by molar-refractivity contribution is 8.07. The first-order chi connectivity index (χ1) is 10.6. The molecule has 0 radical (unpaired) electrons. The summed E-state index contributed by atoms with van der Waals surface area (Å²) in [7, 11) is 0. The second-order valence-electron chi connectivity index (χ2n) is 5.40. The number of hydrogen-bond acceptors (Lipinski definition) is 4. The number of rotatable bonds is 5. The van der Waals surface area contributed by atoms with Gasteiger partial charge in [0.25, 0.3) is 11.7 Å². The van der Waals surface area contributed by atoms with Crippen LogP contribution in [0.15, 0.2) is 31.4 Å². The van der Waals surface area contributed by atoms with Crippen LogP contribution in [0.4, 0.5) is 5.69 Å². The fraction of sp³-hybridized carbons (Fsp3) is 0.375. The molecule has 4 nitrogen and oxygen atoms in total. The lowest BCUT2D eigenvalue weighted by Gasteiger charge is -2.34. The number of nitrogens with one attached hydrogen (secondary N) is 2. The molecule has 0 bridgehead atoms. The van der Waals surface area contributed by atoms with Crippen LogP contribution in [0.2, 0.25) is 0 Å². The summed E-state index contributed by atoms with van der Waals surface area (Å²) in [6, 6.07) is 1.91. The molecule has 3 atom stereocenters. The highest BCUT2D eigenvalue weighted by Gasteiger charge is 2.36. The molecule has 3 heterocycles. The monoisotopic (exact) mass is 334 g/mol. The lowest BCUT2D eigenvalue weighted by Crippen LogP contribution is -2.25. The zero-order chi connectivity index (χ0) is 15.7. The van der Waals surface area contributed by atoms with Gasteiger partial charge < -0.3 is 10.3 Å². The van der Waals surface area contributed by atoms with Crippen LogP contribution in [0.25, 0.3) is 0 Å². The van der Waals surface area contributed by atoms with Crippen molar-refractivity contribution in [1.82, 2.24) is 4.98 Å². The Kier molecular flexibility index (Phi) is 4.49. The SMILES string of the molecule is C=CCC1CSC(CC=C)C(c2cc3c([nH]2)C(=O)C(=O)N3)S1. The second kappa shape index (κ2) is 6.38. The van der Waals surface area contributed by atoms with Crippen molar-refractivity contribution in [2.24, 2.45) is 0 Å². The van der Waals surface area contributed by atoms with Crippen molar-refractivity contribution in [3.05, 3.63) is 42.8 Å². The standard InChI is InChI=1S/C16H18N2O2S2/c1-3-5-9-8-21-12(6-4-2)15(22-9)11-7-10-13(17-11)14(19)16(20)18-10/h3-4,7,9,12,15,17H,1-2,5-6,8H2,(H,18,19,20). The molecule has 2 aliphatic heterocycles. The highest BCUT2D eigenvalue weighted by atomic mass is 32.2. The highest BCUT2D eigenvalue weighted by Crippen LogP contribution is 2.49. The Balaban J connectivity index is 1.86. The van der Waals surface area contributed by atoms with E-state index >= 15 is 0 Å². The smallest absolute Gasteiger partial charge is 0.298 e.